The van der Waals surface area contributed by atoms with E-state index in [1.165, 1.54) is 0 Å². The summed E-state index contributed by atoms with van der Waals surface area (Å²) in [5.74, 6) is -3.65. The van der Waals surface area contributed by atoms with Crippen LogP contribution in [0.3, 0.4) is 0 Å². The molecule has 4 nitrogen and oxygen atoms in total. The van der Waals surface area contributed by atoms with Crippen molar-refractivity contribution in [2.75, 3.05) is 0 Å². The molecule has 0 aliphatic heterocycles. The summed E-state index contributed by atoms with van der Waals surface area (Å²) < 4.78 is 0. The standard InChI is InChI=1S/C2H2O4.Se/c3-1(4)2(5)6;/h(H,3,4)(H,5,6);. The Hall–Kier alpha value is -0.541. The van der Waals surface area contributed by atoms with Crippen molar-refractivity contribution < 1.29 is 19.8 Å². The second kappa shape index (κ2) is 3.64. The molecule has 0 atom stereocenters. The molecule has 0 saturated carbocycles. The van der Waals surface area contributed by atoms with Crippen LogP contribution in [0.5, 0.6) is 0 Å². The van der Waals surface area contributed by atoms with E-state index in [4.69, 9.17) is 19.8 Å². The van der Waals surface area contributed by atoms with Crippen LogP contribution in [0.15, 0.2) is 0 Å². The smallest absolute Gasteiger partial charge is 0.414 e. The molecular weight excluding hydrogens is 167 g/mol. The molecule has 0 rings (SSSR count). The topological polar surface area (TPSA) is 74.6 Å². The van der Waals surface area contributed by atoms with Gasteiger partial charge in [0.1, 0.15) is 0 Å². The van der Waals surface area contributed by atoms with E-state index in [-0.39, 0.29) is 17.1 Å². The molecule has 0 aromatic carbocycles. The minimum absolute atomic E-state index is 0. The predicted octanol–water partition coefficient (Wildman–Crippen LogP) is -1.23. The van der Waals surface area contributed by atoms with Crippen molar-refractivity contribution in [1.29, 1.82) is 0 Å². The van der Waals surface area contributed by atoms with E-state index < -0.39 is 11.9 Å². The Labute approximate surface area is 49.6 Å². The molecule has 0 bridgehead atoms. The van der Waals surface area contributed by atoms with Crippen LogP contribution in [0.25, 0.3) is 0 Å². The maximum atomic E-state index is 9.10. The monoisotopic (exact) mass is 170 g/mol. The Kier molecular flexibility index (Phi) is 5.04. The minimum atomic E-state index is -1.82. The second-order valence-electron chi connectivity index (χ2n) is 0.610. The molecule has 7 heavy (non-hydrogen) atoms. The first-order chi connectivity index (χ1) is 2.64. The normalized spacial score (nSPS) is 6.29. The Morgan fingerprint density at radius 3 is 1.14 bits per heavy atom. The van der Waals surface area contributed by atoms with E-state index >= 15 is 0 Å². The fraction of sp³-hybridized carbons (Fsp3) is 0. The molecule has 2 N–H and O–H groups in total. The quantitative estimate of drug-likeness (QED) is 0.352. The van der Waals surface area contributed by atoms with Gasteiger partial charge in [-0.3, -0.25) is 0 Å². The first-order valence-corrected chi connectivity index (χ1v) is 1.11. The van der Waals surface area contributed by atoms with Gasteiger partial charge in [-0.05, 0) is 0 Å². The van der Waals surface area contributed by atoms with Gasteiger partial charge in [-0.2, -0.15) is 0 Å². The van der Waals surface area contributed by atoms with Crippen molar-refractivity contribution in [3.05, 3.63) is 0 Å². The summed E-state index contributed by atoms with van der Waals surface area (Å²) in [5.41, 5.74) is 0. The van der Waals surface area contributed by atoms with Crippen LogP contribution in [-0.2, 0) is 9.59 Å². The van der Waals surface area contributed by atoms with Crippen molar-refractivity contribution in [2.24, 2.45) is 0 Å². The SMILES string of the molecule is O=C(O)C(=O)O.[Se]. The first-order valence-electron chi connectivity index (χ1n) is 1.11. The number of aliphatic carboxylic acids is 2. The van der Waals surface area contributed by atoms with Gasteiger partial charge < -0.3 is 10.2 Å². The number of carbonyl (C=O) groups is 2. The predicted molar refractivity (Wildman–Crippen MR) is 21.0 cm³/mol. The average molecular weight is 169 g/mol. The molecule has 5 heteroatoms. The van der Waals surface area contributed by atoms with Crippen molar-refractivity contribution in [3.63, 3.8) is 0 Å². The minimum Gasteiger partial charge on any atom is -0.473 e. The summed E-state index contributed by atoms with van der Waals surface area (Å²) in [4.78, 5) is 18.2. The largest absolute Gasteiger partial charge is 0.473 e. The van der Waals surface area contributed by atoms with Gasteiger partial charge in [0.25, 0.3) is 0 Å². The summed E-state index contributed by atoms with van der Waals surface area (Å²) in [5, 5.41) is 14.8. The second-order valence-corrected chi connectivity index (χ2v) is 0.610. The van der Waals surface area contributed by atoms with Crippen LogP contribution in [0, 0.1) is 0 Å². The fourth-order valence-corrected chi connectivity index (χ4v) is 0. The molecule has 0 spiro atoms. The van der Waals surface area contributed by atoms with Crippen LogP contribution in [0.1, 0.15) is 0 Å². The Balaban J connectivity index is 0. The third kappa shape index (κ3) is 5.46. The van der Waals surface area contributed by atoms with Gasteiger partial charge in [0, 0.05) is 17.1 Å². The average Bonchev–Trinajstić information content (AvgIpc) is 1.36. The molecule has 0 aliphatic rings. The summed E-state index contributed by atoms with van der Waals surface area (Å²) in [6.45, 7) is 0. The Bertz CT molecular complexity index is 75.7. The molecule has 0 heterocycles. The first kappa shape index (κ1) is 9.68. The van der Waals surface area contributed by atoms with Gasteiger partial charge in [0.15, 0.2) is 0 Å². The zero-order valence-electron chi connectivity index (χ0n) is 3.12. The molecule has 0 saturated heterocycles. The van der Waals surface area contributed by atoms with Crippen molar-refractivity contribution in [2.45, 2.75) is 0 Å². The Morgan fingerprint density at radius 2 is 1.14 bits per heavy atom. The van der Waals surface area contributed by atoms with Crippen LogP contribution in [0.2, 0.25) is 0 Å². The van der Waals surface area contributed by atoms with Gasteiger partial charge in [-0.15, -0.1) is 0 Å². The van der Waals surface area contributed by atoms with E-state index in [0.29, 0.717) is 0 Å². The summed E-state index contributed by atoms with van der Waals surface area (Å²) >= 11 is 0. The molecular formula is C2H2O4Se. The maximum absolute atomic E-state index is 9.10. The molecule has 0 unspecified atom stereocenters. The molecule has 2 radical (unpaired) electrons. The maximum Gasteiger partial charge on any atom is 0.414 e. The summed E-state index contributed by atoms with van der Waals surface area (Å²) in [6, 6.07) is 0. The third-order valence-corrected chi connectivity index (χ3v) is 0.183. The van der Waals surface area contributed by atoms with Gasteiger partial charge in [-0.25, -0.2) is 9.59 Å². The van der Waals surface area contributed by atoms with Gasteiger partial charge >= 0.3 is 11.9 Å². The number of carboxylic acids is 2. The van der Waals surface area contributed by atoms with Crippen molar-refractivity contribution in [3.8, 4) is 0 Å². The van der Waals surface area contributed by atoms with Gasteiger partial charge in [-0.1, -0.05) is 0 Å². The molecule has 0 amide bonds. The zero-order valence-corrected chi connectivity index (χ0v) is 4.83. The van der Waals surface area contributed by atoms with E-state index in [9.17, 15) is 0 Å². The van der Waals surface area contributed by atoms with E-state index in [1.54, 1.807) is 0 Å². The van der Waals surface area contributed by atoms with Crippen LogP contribution in [-0.4, -0.2) is 39.2 Å². The zero-order chi connectivity index (χ0) is 5.15. The number of hydrogen-bond acceptors (Lipinski definition) is 2. The van der Waals surface area contributed by atoms with Crippen LogP contribution < -0.4 is 0 Å². The van der Waals surface area contributed by atoms with Crippen molar-refractivity contribution >= 4 is 29.0 Å². The van der Waals surface area contributed by atoms with Gasteiger partial charge in [0.2, 0.25) is 0 Å². The molecule has 0 fully saturated rings. The van der Waals surface area contributed by atoms with E-state index in [0.717, 1.165) is 0 Å². The van der Waals surface area contributed by atoms with Crippen molar-refractivity contribution in [1.82, 2.24) is 0 Å². The molecule has 0 aromatic rings. The molecule has 0 aromatic heterocycles. The molecule has 40 valence electrons. The summed E-state index contributed by atoms with van der Waals surface area (Å²) in [6.07, 6.45) is 0. The van der Waals surface area contributed by atoms with Crippen LogP contribution in [0.4, 0.5) is 0 Å². The number of hydrogen-bond donors (Lipinski definition) is 2. The number of carboxylic acid groups (broad SMARTS) is 2. The van der Waals surface area contributed by atoms with Gasteiger partial charge in [0.05, 0.1) is 0 Å². The Morgan fingerprint density at radius 1 is 1.00 bits per heavy atom. The summed E-state index contributed by atoms with van der Waals surface area (Å²) in [7, 11) is 0. The van der Waals surface area contributed by atoms with E-state index in [2.05, 4.69) is 0 Å². The third-order valence-electron chi connectivity index (χ3n) is 0.183. The fourth-order valence-electron chi connectivity index (χ4n) is 0. The van der Waals surface area contributed by atoms with E-state index in [1.807, 2.05) is 0 Å². The molecule has 0 aliphatic carbocycles. The van der Waals surface area contributed by atoms with Crippen LogP contribution >= 0.6 is 0 Å². The number of rotatable bonds is 0.